The third-order valence-electron chi connectivity index (χ3n) is 6.55. The van der Waals surface area contributed by atoms with Crippen LogP contribution in [0.4, 0.5) is 5.69 Å². The second-order valence-corrected chi connectivity index (χ2v) is 9.13. The Labute approximate surface area is 215 Å². The maximum Gasteiger partial charge on any atom is 0.195 e. The number of aliphatic hydroxyl groups is 1. The molecule has 0 saturated carbocycles. The van der Waals surface area contributed by atoms with Gasteiger partial charge in [-0.2, -0.15) is 0 Å². The summed E-state index contributed by atoms with van der Waals surface area (Å²) in [5, 5.41) is 13.6. The van der Waals surface area contributed by atoms with Gasteiger partial charge < -0.3 is 29.6 Å². The maximum atomic E-state index is 13.8. The Morgan fingerprint density at radius 3 is 2.70 bits per heavy atom. The van der Waals surface area contributed by atoms with E-state index in [1.807, 2.05) is 56.3 Å². The van der Waals surface area contributed by atoms with Crippen LogP contribution in [0.2, 0.25) is 0 Å². The highest BCUT2D eigenvalue weighted by molar-refractivity contribution is 6.19. The minimum atomic E-state index is -0.136. The summed E-state index contributed by atoms with van der Waals surface area (Å²) in [6.07, 6.45) is 4.81. The molecule has 37 heavy (non-hydrogen) atoms. The molecule has 1 saturated heterocycles. The van der Waals surface area contributed by atoms with Gasteiger partial charge in [0.25, 0.3) is 0 Å². The molecule has 4 aromatic rings. The van der Waals surface area contributed by atoms with Gasteiger partial charge in [0.1, 0.15) is 17.1 Å². The number of hydrogen-bond acceptors (Lipinski definition) is 7. The van der Waals surface area contributed by atoms with E-state index in [-0.39, 0.29) is 24.5 Å². The van der Waals surface area contributed by atoms with Crippen LogP contribution >= 0.6 is 0 Å². The van der Waals surface area contributed by atoms with Crippen LogP contribution in [0.5, 0.6) is 17.2 Å². The monoisotopic (exact) mass is 501 g/mol. The number of aliphatic hydroxyl groups excluding tert-OH is 1. The fraction of sp³-hybridized carbons (Fsp3) is 0.310. The molecule has 3 N–H and O–H groups in total. The number of nitrogens with zero attached hydrogens (tertiary/aromatic N) is 1. The number of nitrogens with one attached hydrogen (secondary N) is 2. The van der Waals surface area contributed by atoms with Crippen molar-refractivity contribution in [1.82, 2.24) is 9.97 Å². The van der Waals surface area contributed by atoms with Gasteiger partial charge in [0.2, 0.25) is 0 Å². The first-order chi connectivity index (χ1) is 18.1. The summed E-state index contributed by atoms with van der Waals surface area (Å²) in [6.45, 7) is 4.75. The molecule has 0 spiro atoms. The summed E-state index contributed by atoms with van der Waals surface area (Å²) in [5.41, 5.74) is 3.22. The first kappa shape index (κ1) is 24.8. The van der Waals surface area contributed by atoms with Crippen molar-refractivity contribution >= 4 is 22.5 Å². The Bertz CT molecular complexity index is 1380. The third kappa shape index (κ3) is 5.30. The lowest BCUT2D eigenvalue weighted by Gasteiger charge is -2.30. The highest BCUT2D eigenvalue weighted by Gasteiger charge is 2.26. The Morgan fingerprint density at radius 1 is 1.16 bits per heavy atom. The SMILES string of the molecule is CCOc1cnc2[nH]cc(C(=O)c3ccc(Oc4ccccc4)cc3C)c2c1N[C@@H]1CC[C@@H](CO)OC1. The number of H-pyrrole nitrogens is 1. The zero-order valence-electron chi connectivity index (χ0n) is 21.0. The molecule has 2 aromatic heterocycles. The molecular formula is C29H31N3O5. The van der Waals surface area contributed by atoms with E-state index in [1.54, 1.807) is 18.5 Å². The van der Waals surface area contributed by atoms with Gasteiger partial charge in [0.05, 0.1) is 48.8 Å². The van der Waals surface area contributed by atoms with Crippen LogP contribution in [0, 0.1) is 6.92 Å². The zero-order chi connectivity index (χ0) is 25.8. The Morgan fingerprint density at radius 2 is 2.00 bits per heavy atom. The molecule has 192 valence electrons. The molecule has 1 aliphatic rings. The third-order valence-corrected chi connectivity index (χ3v) is 6.55. The number of fused-ring (bicyclic) bond motifs is 1. The van der Waals surface area contributed by atoms with Gasteiger partial charge in [-0.25, -0.2) is 4.98 Å². The van der Waals surface area contributed by atoms with Gasteiger partial charge in [-0.3, -0.25) is 4.79 Å². The summed E-state index contributed by atoms with van der Waals surface area (Å²) in [6, 6.07) is 15.0. The average molecular weight is 502 g/mol. The van der Waals surface area contributed by atoms with E-state index in [4.69, 9.17) is 14.2 Å². The van der Waals surface area contributed by atoms with E-state index in [0.29, 0.717) is 52.6 Å². The van der Waals surface area contributed by atoms with E-state index in [9.17, 15) is 9.90 Å². The maximum absolute atomic E-state index is 13.8. The number of aryl methyl sites for hydroxylation is 1. The van der Waals surface area contributed by atoms with Gasteiger partial charge in [-0.15, -0.1) is 0 Å². The first-order valence-corrected chi connectivity index (χ1v) is 12.6. The molecule has 0 unspecified atom stereocenters. The van der Waals surface area contributed by atoms with Gasteiger partial charge >= 0.3 is 0 Å². The quantitative estimate of drug-likeness (QED) is 0.269. The van der Waals surface area contributed by atoms with Crippen molar-refractivity contribution in [3.05, 3.63) is 77.6 Å². The van der Waals surface area contributed by atoms with E-state index >= 15 is 0 Å². The first-order valence-electron chi connectivity index (χ1n) is 12.6. The topological polar surface area (TPSA) is 106 Å². The molecule has 0 bridgehead atoms. The summed E-state index contributed by atoms with van der Waals surface area (Å²) in [4.78, 5) is 21.4. The molecule has 1 fully saturated rings. The van der Waals surface area contributed by atoms with Crippen molar-refractivity contribution in [2.75, 3.05) is 25.1 Å². The van der Waals surface area contributed by atoms with Crippen molar-refractivity contribution in [3.63, 3.8) is 0 Å². The summed E-state index contributed by atoms with van der Waals surface area (Å²) in [5.74, 6) is 1.87. The van der Waals surface area contributed by atoms with Crippen molar-refractivity contribution in [3.8, 4) is 17.2 Å². The number of rotatable bonds is 9. The van der Waals surface area contributed by atoms with Crippen LogP contribution in [0.1, 0.15) is 41.3 Å². The van der Waals surface area contributed by atoms with Crippen molar-refractivity contribution < 1.29 is 24.1 Å². The Kier molecular flexibility index (Phi) is 7.39. The zero-order valence-corrected chi connectivity index (χ0v) is 21.0. The van der Waals surface area contributed by atoms with Crippen LogP contribution in [-0.2, 0) is 4.74 Å². The summed E-state index contributed by atoms with van der Waals surface area (Å²) < 4.78 is 17.6. The van der Waals surface area contributed by atoms with Crippen molar-refractivity contribution in [2.24, 2.45) is 0 Å². The van der Waals surface area contributed by atoms with Gasteiger partial charge in [0.15, 0.2) is 11.5 Å². The van der Waals surface area contributed by atoms with Gasteiger partial charge in [-0.05, 0) is 62.6 Å². The molecule has 2 atom stereocenters. The average Bonchev–Trinajstić information content (AvgIpc) is 3.35. The molecule has 0 amide bonds. The van der Waals surface area contributed by atoms with Gasteiger partial charge in [-0.1, -0.05) is 18.2 Å². The predicted molar refractivity (Wildman–Crippen MR) is 142 cm³/mol. The largest absolute Gasteiger partial charge is 0.490 e. The number of hydrogen-bond donors (Lipinski definition) is 3. The number of para-hydroxylation sites is 1. The molecule has 1 aliphatic heterocycles. The minimum Gasteiger partial charge on any atom is -0.490 e. The second-order valence-electron chi connectivity index (χ2n) is 9.13. The van der Waals surface area contributed by atoms with E-state index in [0.717, 1.165) is 24.2 Å². The highest BCUT2D eigenvalue weighted by atomic mass is 16.5. The summed E-state index contributed by atoms with van der Waals surface area (Å²) >= 11 is 0. The standard InChI is InChI=1S/C29H31N3O5/c1-3-35-25-15-31-29-26(27(25)32-19-9-10-22(16-33)36-17-19)24(14-30-29)28(34)23-12-11-21(13-18(23)2)37-20-7-5-4-6-8-20/h4-8,11-15,19,22,33H,3,9-10,16-17H2,1-2H3,(H2,30,31,32)/t19-,22+/m1/s1. The normalized spacial score (nSPS) is 17.5. The van der Waals surface area contributed by atoms with Crippen LogP contribution in [0.15, 0.2) is 60.9 Å². The lowest BCUT2D eigenvalue weighted by molar-refractivity contribution is -0.0223. The van der Waals surface area contributed by atoms with Crippen LogP contribution < -0.4 is 14.8 Å². The number of anilines is 1. The fourth-order valence-electron chi connectivity index (χ4n) is 4.66. The highest BCUT2D eigenvalue weighted by Crippen LogP contribution is 2.37. The van der Waals surface area contributed by atoms with Gasteiger partial charge in [0, 0.05) is 17.8 Å². The lowest BCUT2D eigenvalue weighted by Crippen LogP contribution is -2.36. The van der Waals surface area contributed by atoms with E-state index in [2.05, 4.69) is 15.3 Å². The van der Waals surface area contributed by atoms with Crippen molar-refractivity contribution in [2.45, 2.75) is 38.8 Å². The summed E-state index contributed by atoms with van der Waals surface area (Å²) in [7, 11) is 0. The fourth-order valence-corrected chi connectivity index (χ4v) is 4.66. The molecule has 8 nitrogen and oxygen atoms in total. The predicted octanol–water partition coefficient (Wildman–Crippen LogP) is 5.25. The molecule has 5 rings (SSSR count). The van der Waals surface area contributed by atoms with Crippen LogP contribution in [0.25, 0.3) is 11.0 Å². The van der Waals surface area contributed by atoms with Crippen LogP contribution in [0.3, 0.4) is 0 Å². The number of carbonyl (C=O) groups is 1. The second kappa shape index (κ2) is 11.0. The molecule has 0 aliphatic carbocycles. The molecule has 0 radical (unpaired) electrons. The number of aromatic amines is 1. The van der Waals surface area contributed by atoms with E-state index < -0.39 is 0 Å². The number of pyridine rings is 1. The number of carbonyl (C=O) groups excluding carboxylic acids is 1. The lowest BCUT2D eigenvalue weighted by atomic mass is 9.98. The minimum absolute atomic E-state index is 0.0153. The molecular weight excluding hydrogens is 470 g/mol. The smallest absolute Gasteiger partial charge is 0.195 e. The Balaban J connectivity index is 1.47. The number of benzene rings is 2. The molecule has 3 heterocycles. The molecule has 2 aromatic carbocycles. The number of ether oxygens (including phenoxy) is 3. The molecule has 8 heteroatoms. The van der Waals surface area contributed by atoms with Crippen molar-refractivity contribution in [1.29, 1.82) is 0 Å². The number of aromatic nitrogens is 2. The Hall–Kier alpha value is -3.88. The van der Waals surface area contributed by atoms with Crippen LogP contribution in [-0.4, -0.2) is 52.8 Å². The van der Waals surface area contributed by atoms with E-state index in [1.165, 1.54) is 0 Å². The number of ketones is 1.